The van der Waals surface area contributed by atoms with E-state index in [-0.39, 0.29) is 14.9 Å². The van der Waals surface area contributed by atoms with Crippen LogP contribution in [0.3, 0.4) is 0 Å². The Hall–Kier alpha value is -4.40. The summed E-state index contributed by atoms with van der Waals surface area (Å²) in [5.74, 6) is 13.1. The van der Waals surface area contributed by atoms with Crippen molar-refractivity contribution in [1.29, 1.82) is 0 Å². The van der Waals surface area contributed by atoms with Crippen LogP contribution in [0.25, 0.3) is 0 Å². The fraction of sp³-hybridized carbons (Fsp3) is 0.176. The SMILES string of the molecule is C.C.CN1Cc2ccccc2C#Cc2ccccc21.CN1Cc2ccccc2C#Cc2ccccc21. The fourth-order valence-electron chi connectivity index (χ4n) is 4.34. The van der Waals surface area contributed by atoms with E-state index in [1.165, 1.54) is 22.5 Å². The van der Waals surface area contributed by atoms with Gasteiger partial charge in [-0.1, -0.05) is 99.2 Å². The highest BCUT2D eigenvalue weighted by Gasteiger charge is 2.11. The van der Waals surface area contributed by atoms with Crippen molar-refractivity contribution in [2.24, 2.45) is 0 Å². The van der Waals surface area contributed by atoms with Gasteiger partial charge in [0, 0.05) is 49.4 Å². The minimum atomic E-state index is 0. The van der Waals surface area contributed by atoms with Gasteiger partial charge in [-0.3, -0.25) is 0 Å². The van der Waals surface area contributed by atoms with Gasteiger partial charge in [0.25, 0.3) is 0 Å². The first kappa shape index (κ1) is 26.2. The molecule has 0 aromatic heterocycles. The topological polar surface area (TPSA) is 6.48 Å². The normalized spacial score (nSPS) is 11.9. The van der Waals surface area contributed by atoms with E-state index in [9.17, 15) is 0 Å². The molecule has 0 saturated heterocycles. The number of hydrogen-bond donors (Lipinski definition) is 0. The molecule has 0 bridgehead atoms. The third kappa shape index (κ3) is 5.63. The van der Waals surface area contributed by atoms with Gasteiger partial charge in [0.05, 0.1) is 11.4 Å². The van der Waals surface area contributed by atoms with E-state index >= 15 is 0 Å². The van der Waals surface area contributed by atoms with Crippen LogP contribution in [0, 0.1) is 23.7 Å². The van der Waals surface area contributed by atoms with Gasteiger partial charge >= 0.3 is 0 Å². The number of benzene rings is 4. The molecule has 0 atom stereocenters. The second kappa shape index (κ2) is 11.8. The fourth-order valence-corrected chi connectivity index (χ4v) is 4.34. The first-order valence-electron chi connectivity index (χ1n) is 11.5. The van der Waals surface area contributed by atoms with Gasteiger partial charge in [-0.2, -0.15) is 0 Å². The predicted molar refractivity (Wildman–Crippen MR) is 155 cm³/mol. The standard InChI is InChI=1S/2C16H13N.2CH4/c2*1-17-12-15-8-3-2-6-13(15)10-11-14-7-4-5-9-16(14)17;;/h2*2-9H,12H2,1H3;2*1H4. The first-order valence-corrected chi connectivity index (χ1v) is 11.5. The van der Waals surface area contributed by atoms with E-state index in [1.54, 1.807) is 0 Å². The van der Waals surface area contributed by atoms with Crippen molar-refractivity contribution in [3.8, 4) is 23.7 Å². The number of fused-ring (bicyclic) bond motifs is 4. The maximum atomic E-state index is 3.27. The summed E-state index contributed by atoms with van der Waals surface area (Å²) < 4.78 is 0. The summed E-state index contributed by atoms with van der Waals surface area (Å²) in [6.07, 6.45) is 0. The molecule has 0 unspecified atom stereocenters. The van der Waals surface area contributed by atoms with Gasteiger partial charge in [-0.05, 0) is 47.5 Å². The minimum Gasteiger partial charge on any atom is -0.369 e. The lowest BCUT2D eigenvalue weighted by molar-refractivity contribution is 0.916. The Morgan fingerprint density at radius 2 is 0.750 bits per heavy atom. The molecule has 4 aromatic rings. The Bertz CT molecular complexity index is 1350. The van der Waals surface area contributed by atoms with Crippen LogP contribution in [0.4, 0.5) is 11.4 Å². The predicted octanol–water partition coefficient (Wildman–Crippen LogP) is 7.34. The molecule has 0 saturated carbocycles. The van der Waals surface area contributed by atoms with Crippen molar-refractivity contribution in [1.82, 2.24) is 0 Å². The van der Waals surface area contributed by atoms with Crippen LogP contribution >= 0.6 is 0 Å². The van der Waals surface area contributed by atoms with Gasteiger partial charge in [0.15, 0.2) is 0 Å². The van der Waals surface area contributed by atoms with E-state index in [0.29, 0.717) is 0 Å². The average molecular weight is 471 g/mol. The molecular formula is C34H34N2. The smallest absolute Gasteiger partial charge is 0.0525 e. The Labute approximate surface area is 217 Å². The lowest BCUT2D eigenvalue weighted by atomic mass is 10.0. The minimum absolute atomic E-state index is 0. The summed E-state index contributed by atoms with van der Waals surface area (Å²) in [5, 5.41) is 0. The van der Waals surface area contributed by atoms with Crippen molar-refractivity contribution in [2.75, 3.05) is 23.9 Å². The highest BCUT2D eigenvalue weighted by atomic mass is 15.1. The molecule has 0 radical (unpaired) electrons. The molecule has 2 aliphatic heterocycles. The first-order chi connectivity index (χ1) is 16.7. The van der Waals surface area contributed by atoms with E-state index < -0.39 is 0 Å². The average Bonchev–Trinajstić information content (AvgIpc) is 2.86. The zero-order valence-corrected chi connectivity index (χ0v) is 19.5. The summed E-state index contributed by atoms with van der Waals surface area (Å²) in [5.41, 5.74) is 9.45. The number of nitrogens with zero attached hydrogens (tertiary/aromatic N) is 2. The van der Waals surface area contributed by atoms with Crippen LogP contribution in [0.5, 0.6) is 0 Å². The van der Waals surface area contributed by atoms with Crippen LogP contribution in [0.15, 0.2) is 97.1 Å². The van der Waals surface area contributed by atoms with Crippen LogP contribution < -0.4 is 9.80 Å². The summed E-state index contributed by atoms with van der Waals surface area (Å²) in [6.45, 7) is 1.81. The molecule has 0 amide bonds. The highest BCUT2D eigenvalue weighted by molar-refractivity contribution is 5.65. The van der Waals surface area contributed by atoms with Crippen molar-refractivity contribution in [3.05, 3.63) is 130 Å². The van der Waals surface area contributed by atoms with Gasteiger partial charge < -0.3 is 9.80 Å². The van der Waals surface area contributed by atoms with Gasteiger partial charge in [0.2, 0.25) is 0 Å². The summed E-state index contributed by atoms with van der Waals surface area (Å²) in [6, 6.07) is 33.3. The number of hydrogen-bond acceptors (Lipinski definition) is 2. The summed E-state index contributed by atoms with van der Waals surface area (Å²) in [4.78, 5) is 4.50. The second-order valence-electron chi connectivity index (χ2n) is 8.56. The maximum absolute atomic E-state index is 3.27. The Morgan fingerprint density at radius 3 is 1.17 bits per heavy atom. The zero-order chi connectivity index (χ0) is 23.3. The second-order valence-corrected chi connectivity index (χ2v) is 8.56. The molecule has 4 aromatic carbocycles. The molecule has 2 heteroatoms. The van der Waals surface area contributed by atoms with Crippen molar-refractivity contribution in [3.63, 3.8) is 0 Å². The molecular weight excluding hydrogens is 436 g/mol. The Balaban J connectivity index is 0.000000190. The van der Waals surface area contributed by atoms with Crippen molar-refractivity contribution >= 4 is 11.4 Å². The molecule has 36 heavy (non-hydrogen) atoms. The molecule has 2 heterocycles. The monoisotopic (exact) mass is 470 g/mol. The zero-order valence-electron chi connectivity index (χ0n) is 19.5. The Morgan fingerprint density at radius 1 is 0.444 bits per heavy atom. The van der Waals surface area contributed by atoms with E-state index in [0.717, 1.165) is 35.3 Å². The highest BCUT2D eigenvalue weighted by Crippen LogP contribution is 2.24. The molecule has 0 spiro atoms. The van der Waals surface area contributed by atoms with Crippen LogP contribution in [0.1, 0.15) is 48.2 Å². The van der Waals surface area contributed by atoms with E-state index in [2.05, 4.69) is 120 Å². The molecule has 0 aliphatic carbocycles. The Kier molecular flexibility index (Phi) is 8.61. The van der Waals surface area contributed by atoms with Crippen molar-refractivity contribution < 1.29 is 0 Å². The molecule has 2 nitrogen and oxygen atoms in total. The molecule has 2 aliphatic rings. The van der Waals surface area contributed by atoms with Gasteiger partial charge in [0.1, 0.15) is 0 Å². The maximum Gasteiger partial charge on any atom is 0.0525 e. The lowest BCUT2D eigenvalue weighted by Gasteiger charge is -2.22. The number of anilines is 2. The van der Waals surface area contributed by atoms with Crippen LogP contribution in [-0.4, -0.2) is 14.1 Å². The van der Waals surface area contributed by atoms with E-state index in [1.807, 2.05) is 24.3 Å². The van der Waals surface area contributed by atoms with Gasteiger partial charge in [-0.15, -0.1) is 0 Å². The molecule has 180 valence electrons. The summed E-state index contributed by atoms with van der Waals surface area (Å²) >= 11 is 0. The summed E-state index contributed by atoms with van der Waals surface area (Å²) in [7, 11) is 4.23. The third-order valence-corrected chi connectivity index (χ3v) is 6.14. The molecule has 0 N–H and O–H groups in total. The third-order valence-electron chi connectivity index (χ3n) is 6.14. The number of rotatable bonds is 0. The lowest BCUT2D eigenvalue weighted by Crippen LogP contribution is -2.19. The molecule has 6 rings (SSSR count). The van der Waals surface area contributed by atoms with Gasteiger partial charge in [-0.25, -0.2) is 0 Å². The number of para-hydroxylation sites is 2. The van der Waals surface area contributed by atoms with E-state index in [4.69, 9.17) is 0 Å². The van der Waals surface area contributed by atoms with Crippen LogP contribution in [0.2, 0.25) is 0 Å². The van der Waals surface area contributed by atoms with Crippen molar-refractivity contribution in [2.45, 2.75) is 27.9 Å². The quantitative estimate of drug-likeness (QED) is 0.248. The largest absolute Gasteiger partial charge is 0.369 e. The van der Waals surface area contributed by atoms with Crippen LogP contribution in [-0.2, 0) is 13.1 Å². The molecule has 0 fully saturated rings.